The van der Waals surface area contributed by atoms with Crippen molar-refractivity contribution < 1.29 is 14.7 Å². The van der Waals surface area contributed by atoms with Gasteiger partial charge in [-0.25, -0.2) is 9.78 Å². The highest BCUT2D eigenvalue weighted by Gasteiger charge is 2.32. The van der Waals surface area contributed by atoms with Crippen LogP contribution in [0, 0.1) is 5.92 Å². The second-order valence-corrected chi connectivity index (χ2v) is 6.51. The quantitative estimate of drug-likeness (QED) is 0.909. The molecule has 2 fully saturated rings. The second-order valence-electron chi connectivity index (χ2n) is 6.51. The van der Waals surface area contributed by atoms with Crippen molar-refractivity contribution in [2.45, 2.75) is 44.8 Å². The minimum Gasteiger partial charge on any atom is -0.385 e. The summed E-state index contributed by atoms with van der Waals surface area (Å²) >= 11 is 0. The Balaban J connectivity index is 1.68. The predicted octanol–water partition coefficient (Wildman–Crippen LogP) is 1.39. The molecule has 0 radical (unpaired) electrons. The SMILES string of the molecule is CN1CCN(C(=O)Cn2ccnc2C(O)C2CCCCC2)C1=O. The second kappa shape index (κ2) is 6.70. The third-order valence-electron chi connectivity index (χ3n) is 4.93. The van der Waals surface area contributed by atoms with E-state index in [2.05, 4.69) is 4.98 Å². The summed E-state index contributed by atoms with van der Waals surface area (Å²) in [7, 11) is 1.69. The molecule has 1 aromatic heterocycles. The summed E-state index contributed by atoms with van der Waals surface area (Å²) in [6, 6.07) is -0.260. The van der Waals surface area contributed by atoms with Crippen LogP contribution in [-0.2, 0) is 11.3 Å². The fourth-order valence-corrected chi connectivity index (χ4v) is 3.49. The largest absolute Gasteiger partial charge is 0.385 e. The summed E-state index contributed by atoms with van der Waals surface area (Å²) in [6.07, 6.45) is 8.15. The van der Waals surface area contributed by atoms with E-state index in [1.807, 2.05) is 0 Å². The molecule has 0 spiro atoms. The summed E-state index contributed by atoms with van der Waals surface area (Å²) < 4.78 is 1.67. The van der Waals surface area contributed by atoms with Crippen molar-refractivity contribution in [1.82, 2.24) is 19.4 Å². The number of carbonyl (C=O) groups is 2. The van der Waals surface area contributed by atoms with Crippen molar-refractivity contribution in [2.24, 2.45) is 5.92 Å². The van der Waals surface area contributed by atoms with Crippen LogP contribution in [0.15, 0.2) is 12.4 Å². The lowest BCUT2D eigenvalue weighted by atomic mass is 9.85. The van der Waals surface area contributed by atoms with Crippen molar-refractivity contribution in [1.29, 1.82) is 0 Å². The highest BCUT2D eigenvalue weighted by molar-refractivity contribution is 5.95. The number of aromatic nitrogens is 2. The van der Waals surface area contributed by atoms with Gasteiger partial charge >= 0.3 is 6.03 Å². The number of hydrogen-bond donors (Lipinski definition) is 1. The Bertz CT molecular complexity index is 580. The molecule has 0 aromatic carbocycles. The van der Waals surface area contributed by atoms with E-state index in [-0.39, 0.29) is 24.4 Å². The van der Waals surface area contributed by atoms with Gasteiger partial charge in [-0.2, -0.15) is 0 Å². The average Bonchev–Trinajstić information content (AvgIpc) is 3.15. The van der Waals surface area contributed by atoms with Gasteiger partial charge in [-0.3, -0.25) is 9.69 Å². The number of hydrogen-bond acceptors (Lipinski definition) is 4. The van der Waals surface area contributed by atoms with E-state index in [4.69, 9.17) is 0 Å². The molecule has 1 N–H and O–H groups in total. The van der Waals surface area contributed by atoms with Crippen LogP contribution in [0.3, 0.4) is 0 Å². The summed E-state index contributed by atoms with van der Waals surface area (Å²) in [4.78, 5) is 31.3. The molecule has 0 bridgehead atoms. The standard InChI is InChI=1S/C16H24N4O3/c1-18-9-10-20(16(18)23)13(21)11-19-8-7-17-15(19)14(22)12-5-3-2-4-6-12/h7-8,12,14,22H,2-6,9-11H2,1H3. The van der Waals surface area contributed by atoms with Crippen LogP contribution in [0.2, 0.25) is 0 Å². The maximum atomic E-state index is 12.4. The molecule has 1 aliphatic heterocycles. The molecule has 3 rings (SSSR count). The molecule has 1 saturated carbocycles. The minimum atomic E-state index is -0.643. The Morgan fingerprint density at radius 1 is 1.35 bits per heavy atom. The molecule has 1 saturated heterocycles. The lowest BCUT2D eigenvalue weighted by Gasteiger charge is -2.26. The zero-order chi connectivity index (χ0) is 16.4. The van der Waals surface area contributed by atoms with Crippen LogP contribution >= 0.6 is 0 Å². The van der Waals surface area contributed by atoms with Gasteiger partial charge in [-0.05, 0) is 18.8 Å². The Kier molecular flexibility index (Phi) is 4.66. The summed E-state index contributed by atoms with van der Waals surface area (Å²) in [5.41, 5.74) is 0. The molecule has 126 valence electrons. The zero-order valence-electron chi connectivity index (χ0n) is 13.5. The van der Waals surface area contributed by atoms with Gasteiger partial charge in [0.1, 0.15) is 18.5 Å². The fourth-order valence-electron chi connectivity index (χ4n) is 3.49. The predicted molar refractivity (Wildman–Crippen MR) is 83.5 cm³/mol. The van der Waals surface area contributed by atoms with Crippen molar-refractivity contribution in [3.63, 3.8) is 0 Å². The van der Waals surface area contributed by atoms with E-state index >= 15 is 0 Å². The van der Waals surface area contributed by atoms with Gasteiger partial charge in [0.05, 0.1) is 0 Å². The van der Waals surface area contributed by atoms with E-state index in [0.717, 1.165) is 25.7 Å². The smallest absolute Gasteiger partial charge is 0.326 e. The molecule has 7 heteroatoms. The van der Waals surface area contributed by atoms with Crippen LogP contribution in [0.25, 0.3) is 0 Å². The minimum absolute atomic E-state index is 0.0404. The van der Waals surface area contributed by atoms with Crippen LogP contribution in [0.1, 0.15) is 44.0 Å². The first-order valence-corrected chi connectivity index (χ1v) is 8.32. The first-order valence-electron chi connectivity index (χ1n) is 8.32. The molecule has 2 heterocycles. The van der Waals surface area contributed by atoms with Gasteiger partial charge in [-0.1, -0.05) is 19.3 Å². The molecule has 23 heavy (non-hydrogen) atoms. The van der Waals surface area contributed by atoms with Crippen molar-refractivity contribution >= 4 is 11.9 Å². The maximum absolute atomic E-state index is 12.4. The summed E-state index contributed by atoms with van der Waals surface area (Å²) in [5.74, 6) is 0.485. The number of rotatable bonds is 4. The van der Waals surface area contributed by atoms with Crippen LogP contribution < -0.4 is 0 Å². The van der Waals surface area contributed by atoms with Gasteiger partial charge in [0.25, 0.3) is 5.91 Å². The van der Waals surface area contributed by atoms with Gasteiger partial charge in [-0.15, -0.1) is 0 Å². The number of nitrogens with zero attached hydrogens (tertiary/aromatic N) is 4. The highest BCUT2D eigenvalue weighted by atomic mass is 16.3. The number of carbonyl (C=O) groups excluding carboxylic acids is 2. The third-order valence-corrected chi connectivity index (χ3v) is 4.93. The number of amides is 3. The van der Waals surface area contributed by atoms with E-state index in [0.29, 0.717) is 18.9 Å². The lowest BCUT2D eigenvalue weighted by molar-refractivity contribution is -0.128. The topological polar surface area (TPSA) is 78.7 Å². The van der Waals surface area contributed by atoms with E-state index < -0.39 is 6.10 Å². The molecule has 2 aliphatic rings. The molecule has 1 aromatic rings. The molecule has 1 atom stereocenters. The normalized spacial score (nSPS) is 21.0. The van der Waals surface area contributed by atoms with Crippen molar-refractivity contribution in [3.05, 3.63) is 18.2 Å². The van der Waals surface area contributed by atoms with Crippen LogP contribution in [0.4, 0.5) is 4.79 Å². The van der Waals surface area contributed by atoms with Gasteiger partial charge in [0, 0.05) is 32.5 Å². The van der Waals surface area contributed by atoms with Gasteiger partial charge in [0.15, 0.2) is 0 Å². The number of imide groups is 1. The highest BCUT2D eigenvalue weighted by Crippen LogP contribution is 2.33. The fraction of sp³-hybridized carbons (Fsp3) is 0.688. The molecule has 3 amide bonds. The number of likely N-dealkylation sites (N-methyl/N-ethyl adjacent to an activating group) is 1. The third kappa shape index (κ3) is 3.24. The van der Waals surface area contributed by atoms with Crippen LogP contribution in [-0.4, -0.2) is 56.5 Å². The first-order chi connectivity index (χ1) is 11.1. The molecular formula is C16H24N4O3. The van der Waals surface area contributed by atoms with E-state index in [1.54, 1.807) is 24.0 Å². The Labute approximate surface area is 135 Å². The maximum Gasteiger partial charge on any atom is 0.326 e. The molecular weight excluding hydrogens is 296 g/mol. The number of aliphatic hydroxyl groups is 1. The Morgan fingerprint density at radius 3 is 2.74 bits per heavy atom. The lowest BCUT2D eigenvalue weighted by Crippen LogP contribution is -2.37. The molecule has 1 aliphatic carbocycles. The Morgan fingerprint density at radius 2 is 2.09 bits per heavy atom. The number of imidazole rings is 1. The van der Waals surface area contributed by atoms with Gasteiger partial charge < -0.3 is 14.6 Å². The summed E-state index contributed by atoms with van der Waals surface area (Å²) in [6.45, 7) is 1.02. The van der Waals surface area contributed by atoms with Crippen molar-refractivity contribution in [3.8, 4) is 0 Å². The monoisotopic (exact) mass is 320 g/mol. The molecule has 1 unspecified atom stereocenters. The van der Waals surface area contributed by atoms with Gasteiger partial charge in [0.2, 0.25) is 0 Å². The zero-order valence-corrected chi connectivity index (χ0v) is 13.5. The Hall–Kier alpha value is -1.89. The first kappa shape index (κ1) is 16.0. The van der Waals surface area contributed by atoms with Crippen molar-refractivity contribution in [2.75, 3.05) is 20.1 Å². The van der Waals surface area contributed by atoms with E-state index in [1.165, 1.54) is 16.2 Å². The molecule has 7 nitrogen and oxygen atoms in total. The number of aliphatic hydroxyl groups excluding tert-OH is 1. The summed E-state index contributed by atoms with van der Waals surface area (Å²) in [5, 5.41) is 10.6. The van der Waals surface area contributed by atoms with E-state index in [9.17, 15) is 14.7 Å². The average molecular weight is 320 g/mol. The van der Waals surface area contributed by atoms with Crippen LogP contribution in [0.5, 0.6) is 0 Å². The number of urea groups is 1.